The molecule has 1 aromatic carbocycles. The summed E-state index contributed by atoms with van der Waals surface area (Å²) in [5.41, 5.74) is 2.53. The summed E-state index contributed by atoms with van der Waals surface area (Å²) in [6.45, 7) is 4.79. The first-order valence-corrected chi connectivity index (χ1v) is 8.04. The van der Waals surface area contributed by atoms with Crippen molar-refractivity contribution in [2.75, 3.05) is 0 Å². The molecule has 1 amide bonds. The van der Waals surface area contributed by atoms with E-state index in [1.54, 1.807) is 18.0 Å². The zero-order valence-corrected chi connectivity index (χ0v) is 13.1. The number of aromatic nitrogens is 2. The Morgan fingerprint density at radius 1 is 1.57 bits per heavy atom. The smallest absolute Gasteiger partial charge is 0.234 e. The van der Waals surface area contributed by atoms with Crippen molar-refractivity contribution in [2.45, 2.75) is 43.0 Å². The quantitative estimate of drug-likeness (QED) is 0.943. The number of nitrogens with zero attached hydrogens (tertiary/aromatic N) is 2. The van der Waals surface area contributed by atoms with Crippen LogP contribution in [0.15, 0.2) is 41.6 Å². The van der Waals surface area contributed by atoms with Crippen LogP contribution in [0.1, 0.15) is 18.1 Å². The summed E-state index contributed by atoms with van der Waals surface area (Å²) in [5, 5.41) is 7.24. The Morgan fingerprint density at radius 2 is 2.43 bits per heavy atom. The SMILES string of the molecule is Cc1ccc2c(c1)S[C@H](C(=O)N[C@H](C)Cn1cccn1)C2. The van der Waals surface area contributed by atoms with Crippen molar-refractivity contribution < 1.29 is 4.79 Å². The third kappa shape index (κ3) is 3.29. The molecular weight excluding hydrogens is 282 g/mol. The van der Waals surface area contributed by atoms with Gasteiger partial charge in [0.05, 0.1) is 11.8 Å². The molecule has 2 aromatic rings. The molecule has 110 valence electrons. The van der Waals surface area contributed by atoms with Gasteiger partial charge >= 0.3 is 0 Å². The van der Waals surface area contributed by atoms with Gasteiger partial charge in [0.15, 0.2) is 0 Å². The lowest BCUT2D eigenvalue weighted by molar-refractivity contribution is -0.121. The van der Waals surface area contributed by atoms with Gasteiger partial charge in [-0.05, 0) is 38.0 Å². The van der Waals surface area contributed by atoms with Crippen molar-refractivity contribution in [1.29, 1.82) is 0 Å². The van der Waals surface area contributed by atoms with Crippen LogP contribution < -0.4 is 5.32 Å². The number of hydrogen-bond donors (Lipinski definition) is 1. The lowest BCUT2D eigenvalue weighted by atomic mass is 10.1. The summed E-state index contributed by atoms with van der Waals surface area (Å²) in [6, 6.07) is 8.38. The number of carbonyl (C=O) groups is 1. The Kier molecular flexibility index (Phi) is 4.01. The van der Waals surface area contributed by atoms with Crippen LogP contribution in [0, 0.1) is 6.92 Å². The average Bonchev–Trinajstić information content (AvgIpc) is 3.06. The third-order valence-electron chi connectivity index (χ3n) is 3.60. The van der Waals surface area contributed by atoms with E-state index < -0.39 is 0 Å². The van der Waals surface area contributed by atoms with E-state index in [1.165, 1.54) is 16.0 Å². The molecule has 3 rings (SSSR count). The number of nitrogens with one attached hydrogen (secondary N) is 1. The Hall–Kier alpha value is -1.75. The Bertz CT molecular complexity index is 639. The molecular formula is C16H19N3OS. The van der Waals surface area contributed by atoms with E-state index in [0.29, 0.717) is 6.54 Å². The fourth-order valence-corrected chi connectivity index (χ4v) is 3.85. The minimum atomic E-state index is -0.0122. The Balaban J connectivity index is 1.57. The zero-order chi connectivity index (χ0) is 14.8. The maximum Gasteiger partial charge on any atom is 0.234 e. The van der Waals surface area contributed by atoms with Crippen LogP contribution in [-0.4, -0.2) is 27.0 Å². The van der Waals surface area contributed by atoms with Crippen LogP contribution in [0.5, 0.6) is 0 Å². The zero-order valence-electron chi connectivity index (χ0n) is 12.2. The average molecular weight is 301 g/mol. The van der Waals surface area contributed by atoms with Gasteiger partial charge in [0.2, 0.25) is 5.91 Å². The van der Waals surface area contributed by atoms with Crippen LogP contribution in [-0.2, 0) is 17.8 Å². The second kappa shape index (κ2) is 5.93. The van der Waals surface area contributed by atoms with E-state index in [4.69, 9.17) is 0 Å². The predicted molar refractivity (Wildman–Crippen MR) is 84.4 cm³/mol. The van der Waals surface area contributed by atoms with Crippen molar-refractivity contribution in [3.63, 3.8) is 0 Å². The van der Waals surface area contributed by atoms with Gasteiger partial charge in [-0.2, -0.15) is 5.10 Å². The fourth-order valence-electron chi connectivity index (χ4n) is 2.55. The maximum atomic E-state index is 12.4. The van der Waals surface area contributed by atoms with Gasteiger partial charge < -0.3 is 5.32 Å². The van der Waals surface area contributed by atoms with Crippen LogP contribution >= 0.6 is 11.8 Å². The first-order valence-electron chi connectivity index (χ1n) is 7.16. The highest BCUT2D eigenvalue weighted by Crippen LogP contribution is 2.37. The molecule has 0 radical (unpaired) electrons. The molecule has 0 aliphatic carbocycles. The Morgan fingerprint density at radius 3 is 3.19 bits per heavy atom. The Labute approximate surface area is 128 Å². The number of benzene rings is 1. The van der Waals surface area contributed by atoms with Crippen LogP contribution in [0.4, 0.5) is 0 Å². The summed E-state index contributed by atoms with van der Waals surface area (Å²) in [4.78, 5) is 13.6. The van der Waals surface area contributed by atoms with Gasteiger partial charge in [0, 0.05) is 23.3 Å². The van der Waals surface area contributed by atoms with Gasteiger partial charge in [0.1, 0.15) is 0 Å². The molecule has 2 heterocycles. The first-order chi connectivity index (χ1) is 10.1. The van der Waals surface area contributed by atoms with E-state index in [2.05, 4.69) is 35.5 Å². The van der Waals surface area contributed by atoms with Crippen molar-refractivity contribution in [3.05, 3.63) is 47.8 Å². The van der Waals surface area contributed by atoms with Crippen LogP contribution in [0.2, 0.25) is 0 Å². The third-order valence-corrected chi connectivity index (χ3v) is 4.90. The summed E-state index contributed by atoms with van der Waals surface area (Å²) in [7, 11) is 0. The number of amides is 1. The van der Waals surface area contributed by atoms with Gasteiger partial charge in [0.25, 0.3) is 0 Å². The molecule has 4 nitrogen and oxygen atoms in total. The first kappa shape index (κ1) is 14.2. The molecule has 1 N–H and O–H groups in total. The topological polar surface area (TPSA) is 46.9 Å². The predicted octanol–water partition coefficient (Wildman–Crippen LogP) is 2.41. The van der Waals surface area contributed by atoms with Crippen molar-refractivity contribution in [1.82, 2.24) is 15.1 Å². The van der Waals surface area contributed by atoms with E-state index in [-0.39, 0.29) is 17.2 Å². The number of rotatable bonds is 4. The molecule has 0 saturated carbocycles. The highest BCUT2D eigenvalue weighted by atomic mass is 32.2. The second-order valence-electron chi connectivity index (χ2n) is 5.56. The lowest BCUT2D eigenvalue weighted by Gasteiger charge is -2.16. The summed E-state index contributed by atoms with van der Waals surface area (Å²) in [5.74, 6) is 0.119. The molecule has 0 saturated heterocycles. The molecule has 0 fully saturated rings. The van der Waals surface area contributed by atoms with Gasteiger partial charge in [-0.1, -0.05) is 17.7 Å². The minimum absolute atomic E-state index is 0.0122. The lowest BCUT2D eigenvalue weighted by Crippen LogP contribution is -2.40. The van der Waals surface area contributed by atoms with E-state index in [9.17, 15) is 4.79 Å². The molecule has 1 aromatic heterocycles. The highest BCUT2D eigenvalue weighted by Gasteiger charge is 2.28. The largest absolute Gasteiger partial charge is 0.351 e. The molecule has 0 unspecified atom stereocenters. The number of thioether (sulfide) groups is 1. The van der Waals surface area contributed by atoms with Crippen molar-refractivity contribution in [3.8, 4) is 0 Å². The number of fused-ring (bicyclic) bond motifs is 1. The van der Waals surface area contributed by atoms with Crippen molar-refractivity contribution in [2.24, 2.45) is 0 Å². The summed E-state index contributed by atoms with van der Waals surface area (Å²) in [6.07, 6.45) is 4.48. The molecule has 1 aliphatic rings. The minimum Gasteiger partial charge on any atom is -0.351 e. The molecule has 5 heteroatoms. The molecule has 0 spiro atoms. The van der Waals surface area contributed by atoms with Crippen LogP contribution in [0.3, 0.4) is 0 Å². The molecule has 0 bridgehead atoms. The standard InChI is InChI=1S/C16H19N3OS/c1-11-4-5-13-9-15(21-14(13)8-11)16(20)18-12(2)10-19-7-3-6-17-19/h3-8,12,15H,9-10H2,1-2H3,(H,18,20)/t12-,15+/m1/s1. The fraction of sp³-hybridized carbons (Fsp3) is 0.375. The van der Waals surface area contributed by atoms with E-state index >= 15 is 0 Å². The van der Waals surface area contributed by atoms with E-state index in [0.717, 1.165) is 6.42 Å². The van der Waals surface area contributed by atoms with E-state index in [1.807, 2.05) is 23.9 Å². The second-order valence-corrected chi connectivity index (χ2v) is 6.80. The van der Waals surface area contributed by atoms with Gasteiger partial charge in [-0.25, -0.2) is 0 Å². The van der Waals surface area contributed by atoms with Crippen LogP contribution in [0.25, 0.3) is 0 Å². The summed E-state index contributed by atoms with van der Waals surface area (Å²) >= 11 is 1.67. The van der Waals surface area contributed by atoms with Gasteiger partial charge in [-0.3, -0.25) is 9.48 Å². The molecule has 2 atom stereocenters. The van der Waals surface area contributed by atoms with Crippen molar-refractivity contribution >= 4 is 17.7 Å². The summed E-state index contributed by atoms with van der Waals surface area (Å²) < 4.78 is 1.84. The monoisotopic (exact) mass is 301 g/mol. The molecule has 1 aliphatic heterocycles. The number of hydrogen-bond acceptors (Lipinski definition) is 3. The molecule has 21 heavy (non-hydrogen) atoms. The normalized spacial score (nSPS) is 18.3. The van der Waals surface area contributed by atoms with Gasteiger partial charge in [-0.15, -0.1) is 11.8 Å². The number of aryl methyl sites for hydroxylation is 1. The highest BCUT2D eigenvalue weighted by molar-refractivity contribution is 8.01. The number of carbonyl (C=O) groups excluding carboxylic acids is 1. The maximum absolute atomic E-state index is 12.4.